The van der Waals surface area contributed by atoms with Crippen molar-refractivity contribution < 1.29 is 9.53 Å². The number of carbonyl (C=O) groups excluding carboxylic acids is 1. The highest BCUT2D eigenvalue weighted by Gasteiger charge is 2.49. The van der Waals surface area contributed by atoms with E-state index in [9.17, 15) is 4.79 Å². The lowest BCUT2D eigenvalue weighted by atomic mass is 9.91. The Labute approximate surface area is 123 Å². The molecular weight excluding hydrogens is 283 g/mol. The summed E-state index contributed by atoms with van der Waals surface area (Å²) in [4.78, 5) is 12.4. The van der Waals surface area contributed by atoms with Gasteiger partial charge in [-0.2, -0.15) is 0 Å². The van der Waals surface area contributed by atoms with Gasteiger partial charge in [0.25, 0.3) is 0 Å². The maximum Gasteiger partial charge on any atom is 0.192 e. The molecule has 2 rings (SSSR count). The van der Waals surface area contributed by atoms with Crippen LogP contribution in [0.15, 0.2) is 23.8 Å². The average molecular weight is 299 g/mol. The molecule has 1 heterocycles. The Kier molecular flexibility index (Phi) is 3.54. The quantitative estimate of drug-likeness (QED) is 0.712. The molecule has 0 amide bonds. The van der Waals surface area contributed by atoms with Crippen molar-refractivity contribution in [2.75, 3.05) is 0 Å². The van der Waals surface area contributed by atoms with Crippen LogP contribution in [0.1, 0.15) is 33.3 Å². The number of hydrogen-bond acceptors (Lipinski definition) is 2. The van der Waals surface area contributed by atoms with Gasteiger partial charge in [0, 0.05) is 21.2 Å². The molecule has 4 heteroatoms. The third-order valence-corrected chi connectivity index (χ3v) is 3.90. The van der Waals surface area contributed by atoms with Crippen LogP contribution in [0.3, 0.4) is 0 Å². The number of ketones is 1. The fourth-order valence-corrected chi connectivity index (χ4v) is 2.88. The fourth-order valence-electron chi connectivity index (χ4n) is 2.37. The molecule has 0 unspecified atom stereocenters. The maximum absolute atomic E-state index is 12.4. The maximum atomic E-state index is 12.4. The van der Waals surface area contributed by atoms with Crippen LogP contribution in [0.4, 0.5) is 0 Å². The molecule has 19 heavy (non-hydrogen) atoms. The van der Waals surface area contributed by atoms with Gasteiger partial charge >= 0.3 is 0 Å². The fraction of sp³-hybridized carbons (Fsp3) is 0.400. The van der Waals surface area contributed by atoms with Gasteiger partial charge in [0.2, 0.25) is 0 Å². The second kappa shape index (κ2) is 4.62. The zero-order valence-electron chi connectivity index (χ0n) is 11.4. The minimum atomic E-state index is -0.816. The summed E-state index contributed by atoms with van der Waals surface area (Å²) in [5.74, 6) is -0.0338. The highest BCUT2D eigenvalue weighted by atomic mass is 35.5. The lowest BCUT2D eigenvalue weighted by molar-refractivity contribution is -0.132. The SMILES string of the molecule is CC1(C)OC(C)(C)/C(=C/c2c(Cl)cccc2Cl)C1=O. The van der Waals surface area contributed by atoms with Crippen LogP contribution in [0.5, 0.6) is 0 Å². The Balaban J connectivity index is 2.58. The van der Waals surface area contributed by atoms with Crippen molar-refractivity contribution in [2.24, 2.45) is 0 Å². The first-order chi connectivity index (χ1) is 8.65. The molecule has 102 valence electrons. The molecule has 0 aromatic heterocycles. The molecule has 0 N–H and O–H groups in total. The Morgan fingerprint density at radius 1 is 1.05 bits per heavy atom. The number of benzene rings is 1. The van der Waals surface area contributed by atoms with Crippen molar-refractivity contribution >= 4 is 35.1 Å². The molecule has 1 aromatic rings. The second-order valence-corrected chi connectivity index (χ2v) is 6.46. The van der Waals surface area contributed by atoms with Crippen molar-refractivity contribution in [1.29, 1.82) is 0 Å². The van der Waals surface area contributed by atoms with Gasteiger partial charge < -0.3 is 4.74 Å². The first kappa shape index (κ1) is 14.6. The standard InChI is InChI=1S/C15H16Cl2O2/c1-14(2)10(13(18)15(3,4)19-14)8-9-11(16)6-5-7-12(9)17/h5-8H,1-4H3/b10-8+. The van der Waals surface area contributed by atoms with Gasteiger partial charge in [-0.15, -0.1) is 0 Å². The molecule has 0 bridgehead atoms. The lowest BCUT2D eigenvalue weighted by Gasteiger charge is -2.22. The Morgan fingerprint density at radius 3 is 2.00 bits per heavy atom. The van der Waals surface area contributed by atoms with Gasteiger partial charge in [0.15, 0.2) is 5.78 Å². The highest BCUT2D eigenvalue weighted by molar-refractivity contribution is 6.37. The first-order valence-electron chi connectivity index (χ1n) is 6.06. The minimum Gasteiger partial charge on any atom is -0.357 e. The molecular formula is C15H16Cl2O2. The molecule has 0 aliphatic carbocycles. The van der Waals surface area contributed by atoms with E-state index in [0.29, 0.717) is 21.2 Å². The summed E-state index contributed by atoms with van der Waals surface area (Å²) in [6.07, 6.45) is 1.74. The molecule has 1 fully saturated rings. The number of carbonyl (C=O) groups is 1. The van der Waals surface area contributed by atoms with E-state index in [1.165, 1.54) is 0 Å². The summed E-state index contributed by atoms with van der Waals surface area (Å²) in [7, 11) is 0. The Bertz CT molecular complexity index is 551. The van der Waals surface area contributed by atoms with Gasteiger partial charge in [0.1, 0.15) is 5.60 Å². The third kappa shape index (κ3) is 2.58. The van der Waals surface area contributed by atoms with Crippen LogP contribution < -0.4 is 0 Å². The van der Waals surface area contributed by atoms with Gasteiger partial charge in [-0.1, -0.05) is 29.3 Å². The number of ether oxygens (including phenoxy) is 1. The molecule has 2 nitrogen and oxygen atoms in total. The zero-order valence-corrected chi connectivity index (χ0v) is 12.9. The smallest absolute Gasteiger partial charge is 0.192 e. The Morgan fingerprint density at radius 2 is 1.58 bits per heavy atom. The van der Waals surface area contributed by atoms with Gasteiger partial charge in [0.05, 0.1) is 5.60 Å². The molecule has 1 aromatic carbocycles. The van der Waals surface area contributed by atoms with Gasteiger partial charge in [-0.3, -0.25) is 4.79 Å². The normalized spacial score (nSPS) is 23.1. The van der Waals surface area contributed by atoms with Crippen molar-refractivity contribution in [2.45, 2.75) is 38.9 Å². The average Bonchev–Trinajstić information content (AvgIpc) is 2.40. The molecule has 1 aliphatic rings. The van der Waals surface area contributed by atoms with Crippen LogP contribution in [0, 0.1) is 0 Å². The highest BCUT2D eigenvalue weighted by Crippen LogP contribution is 2.41. The minimum absolute atomic E-state index is 0.0338. The molecule has 0 spiro atoms. The van der Waals surface area contributed by atoms with E-state index < -0.39 is 11.2 Å². The monoisotopic (exact) mass is 298 g/mol. The summed E-state index contributed by atoms with van der Waals surface area (Å²) >= 11 is 12.3. The van der Waals surface area contributed by atoms with E-state index in [0.717, 1.165) is 0 Å². The summed E-state index contributed by atoms with van der Waals surface area (Å²) < 4.78 is 5.81. The van der Waals surface area contributed by atoms with Crippen LogP contribution >= 0.6 is 23.2 Å². The van der Waals surface area contributed by atoms with E-state index in [2.05, 4.69) is 0 Å². The predicted molar refractivity (Wildman–Crippen MR) is 78.7 cm³/mol. The van der Waals surface area contributed by atoms with Crippen molar-refractivity contribution in [1.82, 2.24) is 0 Å². The zero-order chi connectivity index (χ0) is 14.4. The topological polar surface area (TPSA) is 26.3 Å². The molecule has 1 aliphatic heterocycles. The van der Waals surface area contributed by atoms with Crippen LogP contribution in [-0.2, 0) is 9.53 Å². The lowest BCUT2D eigenvalue weighted by Crippen LogP contribution is -2.29. The molecule has 1 saturated heterocycles. The molecule has 0 atom stereocenters. The largest absolute Gasteiger partial charge is 0.357 e. The van der Waals surface area contributed by atoms with Crippen LogP contribution in [-0.4, -0.2) is 17.0 Å². The van der Waals surface area contributed by atoms with Crippen molar-refractivity contribution in [3.05, 3.63) is 39.4 Å². The third-order valence-electron chi connectivity index (χ3n) is 3.24. The summed E-state index contributed by atoms with van der Waals surface area (Å²) in [6.45, 7) is 7.28. The van der Waals surface area contributed by atoms with E-state index in [-0.39, 0.29) is 5.78 Å². The van der Waals surface area contributed by atoms with Crippen molar-refractivity contribution in [3.63, 3.8) is 0 Å². The van der Waals surface area contributed by atoms with Gasteiger partial charge in [-0.05, 0) is 45.9 Å². The Hall–Kier alpha value is -0.830. The van der Waals surface area contributed by atoms with Crippen LogP contribution in [0.25, 0.3) is 6.08 Å². The predicted octanol–water partition coefficient (Wildman–Crippen LogP) is 4.53. The van der Waals surface area contributed by atoms with E-state index in [4.69, 9.17) is 27.9 Å². The summed E-state index contributed by atoms with van der Waals surface area (Å²) in [6, 6.07) is 5.27. The number of hydrogen-bond donors (Lipinski definition) is 0. The number of rotatable bonds is 1. The first-order valence-corrected chi connectivity index (χ1v) is 6.82. The van der Waals surface area contributed by atoms with E-state index >= 15 is 0 Å². The summed E-state index contributed by atoms with van der Waals surface area (Å²) in [5, 5.41) is 1.04. The van der Waals surface area contributed by atoms with Crippen molar-refractivity contribution in [3.8, 4) is 0 Å². The van der Waals surface area contributed by atoms with Gasteiger partial charge in [-0.25, -0.2) is 0 Å². The second-order valence-electron chi connectivity index (χ2n) is 5.65. The summed E-state index contributed by atoms with van der Waals surface area (Å²) in [5.41, 5.74) is -0.220. The number of halogens is 2. The molecule has 0 radical (unpaired) electrons. The number of Topliss-reactive ketones (excluding diaryl/α,β-unsaturated/α-hetero) is 1. The van der Waals surface area contributed by atoms with Crippen LogP contribution in [0.2, 0.25) is 10.0 Å². The van der Waals surface area contributed by atoms with E-state index in [1.807, 2.05) is 13.8 Å². The van der Waals surface area contributed by atoms with E-state index in [1.54, 1.807) is 38.1 Å². The molecule has 0 saturated carbocycles.